The molecular formula is C19H26N4O2. The third-order valence-corrected chi connectivity index (χ3v) is 5.97. The maximum Gasteiger partial charge on any atom is 0.250 e. The summed E-state index contributed by atoms with van der Waals surface area (Å²) in [5.41, 5.74) is 1.21. The van der Waals surface area contributed by atoms with Crippen molar-refractivity contribution < 1.29 is 9.59 Å². The van der Waals surface area contributed by atoms with Gasteiger partial charge in [0.05, 0.1) is 17.4 Å². The number of benzene rings is 1. The molecule has 0 aliphatic carbocycles. The van der Waals surface area contributed by atoms with Gasteiger partial charge in [0.1, 0.15) is 5.54 Å². The highest BCUT2D eigenvalue weighted by Gasteiger charge is 2.45. The van der Waals surface area contributed by atoms with E-state index in [0.29, 0.717) is 25.9 Å². The number of nitrogens with zero attached hydrogens (tertiary/aromatic N) is 2. The Hall–Kier alpha value is -2.08. The fourth-order valence-corrected chi connectivity index (χ4v) is 4.32. The molecule has 6 nitrogen and oxygen atoms in total. The highest BCUT2D eigenvalue weighted by molar-refractivity contribution is 6.06. The van der Waals surface area contributed by atoms with Crippen LogP contribution in [0, 0.1) is 0 Å². The van der Waals surface area contributed by atoms with Crippen molar-refractivity contribution >= 4 is 23.2 Å². The molecule has 1 aromatic rings. The number of amides is 2. The average molecular weight is 342 g/mol. The number of likely N-dealkylation sites (tertiary alicyclic amines) is 2. The quantitative estimate of drug-likeness (QED) is 0.818. The van der Waals surface area contributed by atoms with E-state index in [1.54, 1.807) is 0 Å². The Labute approximate surface area is 148 Å². The molecule has 0 saturated carbocycles. The van der Waals surface area contributed by atoms with Gasteiger partial charge in [-0.1, -0.05) is 18.6 Å². The fourth-order valence-electron chi connectivity index (χ4n) is 4.32. The van der Waals surface area contributed by atoms with Crippen molar-refractivity contribution in [2.45, 2.75) is 43.7 Å². The Bertz CT molecular complexity index is 682. The normalized spacial score (nSPS) is 25.9. The zero-order chi connectivity index (χ0) is 17.4. The SMILES string of the molecule is CN1CCCCC1C(=O)N1CCC2(CC1)Nc1ccccc1NC2=O. The van der Waals surface area contributed by atoms with E-state index in [2.05, 4.69) is 15.5 Å². The number of carbonyl (C=O) groups is 2. The van der Waals surface area contributed by atoms with Crippen LogP contribution in [-0.4, -0.2) is 59.9 Å². The number of likely N-dealkylation sites (N-methyl/N-ethyl adjacent to an activating group) is 1. The van der Waals surface area contributed by atoms with E-state index in [-0.39, 0.29) is 17.9 Å². The number of piperidine rings is 2. The Balaban J connectivity index is 1.44. The highest BCUT2D eigenvalue weighted by Crippen LogP contribution is 2.36. The highest BCUT2D eigenvalue weighted by atomic mass is 16.2. The number of hydrogen-bond acceptors (Lipinski definition) is 4. The molecule has 0 bridgehead atoms. The Kier molecular flexibility index (Phi) is 4.15. The predicted octanol–water partition coefficient (Wildman–Crippen LogP) is 1.90. The summed E-state index contributed by atoms with van der Waals surface area (Å²) in [4.78, 5) is 29.7. The summed E-state index contributed by atoms with van der Waals surface area (Å²) in [6.45, 7) is 2.26. The molecule has 3 heterocycles. The number of hydrogen-bond donors (Lipinski definition) is 2. The van der Waals surface area contributed by atoms with Crippen molar-refractivity contribution in [2.75, 3.05) is 37.3 Å². The van der Waals surface area contributed by atoms with Gasteiger partial charge >= 0.3 is 0 Å². The lowest BCUT2D eigenvalue weighted by Gasteiger charge is -2.45. The van der Waals surface area contributed by atoms with Crippen LogP contribution in [-0.2, 0) is 9.59 Å². The van der Waals surface area contributed by atoms with Crippen molar-refractivity contribution in [1.29, 1.82) is 0 Å². The average Bonchev–Trinajstić information content (AvgIpc) is 2.63. The molecule has 6 heteroatoms. The molecule has 4 rings (SSSR count). The Morgan fingerprint density at radius 1 is 1.12 bits per heavy atom. The number of nitrogens with one attached hydrogen (secondary N) is 2. The summed E-state index contributed by atoms with van der Waals surface area (Å²) < 4.78 is 0. The van der Waals surface area contributed by atoms with Crippen molar-refractivity contribution in [3.05, 3.63) is 24.3 Å². The number of carbonyl (C=O) groups excluding carboxylic acids is 2. The maximum atomic E-state index is 12.9. The molecule has 0 aromatic heterocycles. The molecule has 25 heavy (non-hydrogen) atoms. The van der Waals surface area contributed by atoms with E-state index in [4.69, 9.17) is 0 Å². The van der Waals surface area contributed by atoms with Gasteiger partial charge in [0.15, 0.2) is 0 Å². The van der Waals surface area contributed by atoms with E-state index < -0.39 is 5.54 Å². The van der Waals surface area contributed by atoms with E-state index in [9.17, 15) is 9.59 Å². The number of para-hydroxylation sites is 2. The lowest BCUT2D eigenvalue weighted by Crippen LogP contribution is -2.60. The first-order valence-electron chi connectivity index (χ1n) is 9.27. The molecule has 3 aliphatic heterocycles. The summed E-state index contributed by atoms with van der Waals surface area (Å²) in [6, 6.07) is 7.79. The van der Waals surface area contributed by atoms with Gasteiger partial charge in [0.25, 0.3) is 0 Å². The molecule has 3 aliphatic rings. The number of anilines is 2. The summed E-state index contributed by atoms with van der Waals surface area (Å²) in [6.07, 6.45) is 4.54. The Morgan fingerprint density at radius 2 is 1.84 bits per heavy atom. The van der Waals surface area contributed by atoms with Crippen LogP contribution in [0.25, 0.3) is 0 Å². The molecule has 0 radical (unpaired) electrons. The lowest BCUT2D eigenvalue weighted by molar-refractivity contribution is -0.140. The molecule has 2 N–H and O–H groups in total. The van der Waals surface area contributed by atoms with Crippen LogP contribution in [0.3, 0.4) is 0 Å². The second-order valence-corrected chi connectivity index (χ2v) is 7.52. The van der Waals surface area contributed by atoms with Crippen LogP contribution in [0.5, 0.6) is 0 Å². The predicted molar refractivity (Wildman–Crippen MR) is 97.5 cm³/mol. The zero-order valence-corrected chi connectivity index (χ0v) is 14.8. The third-order valence-electron chi connectivity index (χ3n) is 5.97. The molecule has 2 saturated heterocycles. The molecule has 2 amide bonds. The van der Waals surface area contributed by atoms with E-state index in [1.165, 1.54) is 6.42 Å². The molecule has 134 valence electrons. The van der Waals surface area contributed by atoms with Gasteiger partial charge in [0.2, 0.25) is 11.8 Å². The second-order valence-electron chi connectivity index (χ2n) is 7.52. The maximum absolute atomic E-state index is 12.9. The zero-order valence-electron chi connectivity index (χ0n) is 14.8. The summed E-state index contributed by atoms with van der Waals surface area (Å²) >= 11 is 0. The minimum Gasteiger partial charge on any atom is -0.369 e. The summed E-state index contributed by atoms with van der Waals surface area (Å²) in [5, 5.41) is 6.47. The van der Waals surface area contributed by atoms with Crippen LogP contribution in [0.15, 0.2) is 24.3 Å². The third kappa shape index (κ3) is 2.88. The summed E-state index contributed by atoms with van der Waals surface area (Å²) in [5.74, 6) is 0.252. The Morgan fingerprint density at radius 3 is 2.56 bits per heavy atom. The lowest BCUT2D eigenvalue weighted by atomic mass is 9.84. The monoisotopic (exact) mass is 342 g/mol. The van der Waals surface area contributed by atoms with E-state index >= 15 is 0 Å². The van der Waals surface area contributed by atoms with Crippen molar-refractivity contribution in [3.8, 4) is 0 Å². The smallest absolute Gasteiger partial charge is 0.250 e. The molecule has 2 fully saturated rings. The van der Waals surface area contributed by atoms with Crippen LogP contribution < -0.4 is 10.6 Å². The van der Waals surface area contributed by atoms with Crippen molar-refractivity contribution in [3.63, 3.8) is 0 Å². The van der Waals surface area contributed by atoms with Gasteiger partial charge in [0, 0.05) is 13.1 Å². The number of rotatable bonds is 1. The van der Waals surface area contributed by atoms with Crippen molar-refractivity contribution in [1.82, 2.24) is 9.80 Å². The topological polar surface area (TPSA) is 64.7 Å². The van der Waals surface area contributed by atoms with Crippen LogP contribution in [0.1, 0.15) is 32.1 Å². The van der Waals surface area contributed by atoms with E-state index in [1.807, 2.05) is 36.2 Å². The molecule has 1 spiro atoms. The molecule has 1 unspecified atom stereocenters. The summed E-state index contributed by atoms with van der Waals surface area (Å²) in [7, 11) is 2.04. The van der Waals surface area contributed by atoms with E-state index in [0.717, 1.165) is 30.8 Å². The van der Waals surface area contributed by atoms with Gasteiger partial charge in [-0.15, -0.1) is 0 Å². The van der Waals surface area contributed by atoms with Crippen molar-refractivity contribution in [2.24, 2.45) is 0 Å². The van der Waals surface area contributed by atoms with Crippen LogP contribution >= 0.6 is 0 Å². The van der Waals surface area contributed by atoms with Gasteiger partial charge in [-0.25, -0.2) is 0 Å². The van der Waals surface area contributed by atoms with Crippen LogP contribution in [0.2, 0.25) is 0 Å². The van der Waals surface area contributed by atoms with Gasteiger partial charge < -0.3 is 15.5 Å². The molecule has 1 atom stereocenters. The molecular weight excluding hydrogens is 316 g/mol. The van der Waals surface area contributed by atoms with Gasteiger partial charge in [-0.05, 0) is 51.4 Å². The standard InChI is InChI=1S/C19H26N4O2/c1-22-11-5-4-8-16(22)17(24)23-12-9-19(10-13-23)18(25)20-14-6-2-3-7-15(14)21-19/h2-3,6-7,16,21H,4-5,8-13H2,1H3,(H,20,25). The fraction of sp³-hybridized carbons (Fsp3) is 0.579. The second kappa shape index (κ2) is 6.33. The largest absolute Gasteiger partial charge is 0.369 e. The van der Waals surface area contributed by atoms with Gasteiger partial charge in [-0.2, -0.15) is 0 Å². The first-order chi connectivity index (χ1) is 12.1. The molecule has 1 aromatic carbocycles. The van der Waals surface area contributed by atoms with Crippen LogP contribution in [0.4, 0.5) is 11.4 Å². The van der Waals surface area contributed by atoms with Gasteiger partial charge in [-0.3, -0.25) is 14.5 Å². The minimum atomic E-state index is -0.594. The minimum absolute atomic E-state index is 0.0108. The number of fused-ring (bicyclic) bond motifs is 1. The first kappa shape index (κ1) is 16.4. The first-order valence-corrected chi connectivity index (χ1v) is 9.27.